The van der Waals surface area contributed by atoms with Gasteiger partial charge in [0.1, 0.15) is 0 Å². The first-order valence-electron chi connectivity index (χ1n) is 5.65. The minimum atomic E-state index is -4.31. The number of hydrogen-bond acceptors (Lipinski definition) is 2. The van der Waals surface area contributed by atoms with E-state index in [1.807, 2.05) is 0 Å². The normalized spacial score (nSPS) is 21.6. The zero-order valence-corrected chi connectivity index (χ0v) is 9.37. The van der Waals surface area contributed by atoms with E-state index in [2.05, 4.69) is 0 Å². The first-order valence-corrected chi connectivity index (χ1v) is 5.65. The molecule has 0 aliphatic carbocycles. The Morgan fingerprint density at radius 2 is 1.94 bits per heavy atom. The summed E-state index contributed by atoms with van der Waals surface area (Å²) in [6.45, 7) is 1.13. The fourth-order valence-corrected chi connectivity index (χ4v) is 2.22. The van der Waals surface area contributed by atoms with Crippen LogP contribution in [0.2, 0.25) is 0 Å². The van der Waals surface area contributed by atoms with E-state index >= 15 is 0 Å². The summed E-state index contributed by atoms with van der Waals surface area (Å²) < 4.78 is 38.5. The van der Waals surface area contributed by atoms with Gasteiger partial charge >= 0.3 is 6.18 Å². The van der Waals surface area contributed by atoms with Gasteiger partial charge in [0.15, 0.2) is 0 Å². The molecule has 2 N–H and O–H groups in total. The van der Waals surface area contributed by atoms with E-state index in [1.165, 1.54) is 12.1 Å². The van der Waals surface area contributed by atoms with Crippen molar-refractivity contribution < 1.29 is 13.2 Å². The molecule has 1 saturated heterocycles. The number of nitrogens with two attached hydrogens (primary N) is 1. The lowest BCUT2D eigenvalue weighted by Gasteiger charge is -2.34. The van der Waals surface area contributed by atoms with Crippen molar-refractivity contribution in [2.45, 2.75) is 25.1 Å². The number of nitrogens with zero attached hydrogens (tertiary/aromatic N) is 1. The first kappa shape index (κ1) is 12.2. The van der Waals surface area contributed by atoms with E-state index in [0.717, 1.165) is 18.9 Å². The molecule has 0 saturated carbocycles. The van der Waals surface area contributed by atoms with E-state index in [-0.39, 0.29) is 11.7 Å². The van der Waals surface area contributed by atoms with E-state index in [1.54, 1.807) is 11.0 Å². The number of alkyl halides is 3. The van der Waals surface area contributed by atoms with Crippen molar-refractivity contribution in [3.05, 3.63) is 29.8 Å². The zero-order valence-electron chi connectivity index (χ0n) is 9.37. The maximum atomic E-state index is 12.8. The molecule has 1 heterocycles. The SMILES string of the molecule is N[C@@H]1CCCN(c2ccccc2C(F)(F)F)C1. The fraction of sp³-hybridized carbons (Fsp3) is 0.500. The summed E-state index contributed by atoms with van der Waals surface area (Å²) in [4.78, 5) is 1.73. The van der Waals surface area contributed by atoms with Crippen LogP contribution in [0.1, 0.15) is 18.4 Å². The van der Waals surface area contributed by atoms with Crippen LogP contribution in [0.4, 0.5) is 18.9 Å². The third kappa shape index (κ3) is 2.72. The molecule has 0 aromatic heterocycles. The highest BCUT2D eigenvalue weighted by molar-refractivity contribution is 5.55. The highest BCUT2D eigenvalue weighted by Gasteiger charge is 2.35. The van der Waals surface area contributed by atoms with Crippen molar-refractivity contribution in [2.75, 3.05) is 18.0 Å². The molecule has 2 nitrogen and oxygen atoms in total. The maximum absolute atomic E-state index is 12.8. The molecule has 0 amide bonds. The van der Waals surface area contributed by atoms with Gasteiger partial charge in [-0.3, -0.25) is 0 Å². The second kappa shape index (κ2) is 4.56. The summed E-state index contributed by atoms with van der Waals surface area (Å²) in [5.74, 6) is 0. The third-order valence-electron chi connectivity index (χ3n) is 3.01. The van der Waals surface area contributed by atoms with Gasteiger partial charge in [-0.15, -0.1) is 0 Å². The van der Waals surface area contributed by atoms with Crippen LogP contribution < -0.4 is 10.6 Å². The van der Waals surface area contributed by atoms with Crippen LogP contribution in [-0.4, -0.2) is 19.1 Å². The molecule has 1 aliphatic rings. The predicted octanol–water partition coefficient (Wildman–Crippen LogP) is 2.63. The second-order valence-corrected chi connectivity index (χ2v) is 4.36. The molecule has 17 heavy (non-hydrogen) atoms. The van der Waals surface area contributed by atoms with Gasteiger partial charge in [-0.1, -0.05) is 12.1 Å². The molecule has 1 aliphatic heterocycles. The smallest absolute Gasteiger partial charge is 0.369 e. The van der Waals surface area contributed by atoms with Crippen LogP contribution in [0.25, 0.3) is 0 Å². The molecule has 0 unspecified atom stereocenters. The Hall–Kier alpha value is -1.23. The van der Waals surface area contributed by atoms with E-state index in [4.69, 9.17) is 5.73 Å². The average Bonchev–Trinajstić information content (AvgIpc) is 2.28. The molecule has 1 atom stereocenters. The summed E-state index contributed by atoms with van der Waals surface area (Å²) in [7, 11) is 0. The van der Waals surface area contributed by atoms with Crippen molar-refractivity contribution in [3.63, 3.8) is 0 Å². The third-order valence-corrected chi connectivity index (χ3v) is 3.01. The average molecular weight is 244 g/mol. The van der Waals surface area contributed by atoms with Crippen molar-refractivity contribution in [3.8, 4) is 0 Å². The molecule has 0 spiro atoms. The van der Waals surface area contributed by atoms with Gasteiger partial charge in [0.05, 0.1) is 5.56 Å². The number of piperidine rings is 1. The highest BCUT2D eigenvalue weighted by Crippen LogP contribution is 2.37. The number of rotatable bonds is 1. The Balaban J connectivity index is 2.31. The van der Waals surface area contributed by atoms with Crippen LogP contribution in [0.3, 0.4) is 0 Å². The Morgan fingerprint density at radius 1 is 1.24 bits per heavy atom. The zero-order chi connectivity index (χ0) is 12.5. The highest BCUT2D eigenvalue weighted by atomic mass is 19.4. The van der Waals surface area contributed by atoms with Crippen LogP contribution >= 0.6 is 0 Å². The van der Waals surface area contributed by atoms with Gasteiger partial charge < -0.3 is 10.6 Å². The molecular weight excluding hydrogens is 229 g/mol. The summed E-state index contributed by atoms with van der Waals surface area (Å²) in [5.41, 5.74) is 5.47. The number of anilines is 1. The molecule has 5 heteroatoms. The minimum absolute atomic E-state index is 0.0370. The molecule has 0 bridgehead atoms. The second-order valence-electron chi connectivity index (χ2n) is 4.36. The number of benzene rings is 1. The van der Waals surface area contributed by atoms with Gasteiger partial charge in [0.2, 0.25) is 0 Å². The first-order chi connectivity index (χ1) is 7.98. The van der Waals surface area contributed by atoms with Gasteiger partial charge in [0.25, 0.3) is 0 Å². The van der Waals surface area contributed by atoms with Gasteiger partial charge in [-0.25, -0.2) is 0 Å². The fourth-order valence-electron chi connectivity index (χ4n) is 2.22. The lowest BCUT2D eigenvalue weighted by atomic mass is 10.0. The summed E-state index contributed by atoms with van der Waals surface area (Å²) in [6.07, 6.45) is -2.59. The van der Waals surface area contributed by atoms with Gasteiger partial charge in [-0.05, 0) is 25.0 Å². The predicted molar refractivity (Wildman–Crippen MR) is 60.9 cm³/mol. The lowest BCUT2D eigenvalue weighted by molar-refractivity contribution is -0.137. The van der Waals surface area contributed by atoms with Crippen LogP contribution in [0, 0.1) is 0 Å². The minimum Gasteiger partial charge on any atom is -0.369 e. The van der Waals surface area contributed by atoms with E-state index in [9.17, 15) is 13.2 Å². The molecule has 2 rings (SSSR count). The number of para-hydroxylation sites is 1. The molecular formula is C12H15F3N2. The monoisotopic (exact) mass is 244 g/mol. The maximum Gasteiger partial charge on any atom is 0.418 e. The van der Waals surface area contributed by atoms with Crippen LogP contribution in [-0.2, 0) is 6.18 Å². The Kier molecular flexibility index (Phi) is 3.28. The van der Waals surface area contributed by atoms with Crippen molar-refractivity contribution in [1.82, 2.24) is 0 Å². The van der Waals surface area contributed by atoms with Crippen molar-refractivity contribution in [2.24, 2.45) is 5.73 Å². The van der Waals surface area contributed by atoms with Crippen molar-refractivity contribution >= 4 is 5.69 Å². The largest absolute Gasteiger partial charge is 0.418 e. The van der Waals surface area contributed by atoms with Crippen LogP contribution in [0.5, 0.6) is 0 Å². The molecule has 0 radical (unpaired) electrons. The number of hydrogen-bond donors (Lipinski definition) is 1. The van der Waals surface area contributed by atoms with E-state index < -0.39 is 11.7 Å². The number of halogens is 3. The van der Waals surface area contributed by atoms with Gasteiger partial charge in [-0.2, -0.15) is 13.2 Å². The Labute approximate surface area is 98.2 Å². The Bertz CT molecular complexity index is 390. The Morgan fingerprint density at radius 3 is 2.59 bits per heavy atom. The standard InChI is InChI=1S/C12H15F3N2/c13-12(14,15)10-5-1-2-6-11(10)17-7-3-4-9(16)8-17/h1-2,5-6,9H,3-4,7-8,16H2/t9-/m1/s1. The van der Waals surface area contributed by atoms with Gasteiger partial charge in [0, 0.05) is 24.8 Å². The lowest BCUT2D eigenvalue weighted by Crippen LogP contribution is -2.43. The summed E-state index contributed by atoms with van der Waals surface area (Å²) in [5, 5.41) is 0. The van der Waals surface area contributed by atoms with Crippen molar-refractivity contribution in [1.29, 1.82) is 0 Å². The van der Waals surface area contributed by atoms with Crippen LogP contribution in [0.15, 0.2) is 24.3 Å². The molecule has 1 fully saturated rings. The molecule has 1 aromatic rings. The molecule has 1 aromatic carbocycles. The quantitative estimate of drug-likeness (QED) is 0.822. The molecule has 94 valence electrons. The topological polar surface area (TPSA) is 29.3 Å². The summed E-state index contributed by atoms with van der Waals surface area (Å²) >= 11 is 0. The van der Waals surface area contributed by atoms with E-state index in [0.29, 0.717) is 13.1 Å². The summed E-state index contributed by atoms with van der Waals surface area (Å²) in [6, 6.07) is 5.64.